The number of anilines is 1. The number of benzene rings is 1. The lowest BCUT2D eigenvalue weighted by molar-refractivity contribution is -0.134. The SMILES string of the molecule is C[C@H](NC(=O)[C@H]1CC(F)(c2ccc(F)cc2)CCN1C(=O)OC(C)(C)C)C(=O)N[C@@H]1CCc2nc(N)ccc21. The Labute approximate surface area is 226 Å². The lowest BCUT2D eigenvalue weighted by Gasteiger charge is -2.42. The fourth-order valence-corrected chi connectivity index (χ4v) is 5.06. The number of hydrogen-bond acceptors (Lipinski definition) is 6. The zero-order valence-corrected chi connectivity index (χ0v) is 22.6. The van der Waals surface area contributed by atoms with Gasteiger partial charge in [-0.2, -0.15) is 0 Å². The van der Waals surface area contributed by atoms with Gasteiger partial charge in [0, 0.05) is 25.1 Å². The van der Waals surface area contributed by atoms with Gasteiger partial charge in [0.25, 0.3) is 0 Å². The number of nitrogens with zero attached hydrogens (tertiary/aromatic N) is 2. The van der Waals surface area contributed by atoms with Crippen LogP contribution in [0.5, 0.6) is 0 Å². The van der Waals surface area contributed by atoms with Gasteiger partial charge in [0.05, 0.1) is 6.04 Å². The van der Waals surface area contributed by atoms with Crippen molar-refractivity contribution in [2.75, 3.05) is 12.3 Å². The molecule has 2 heterocycles. The van der Waals surface area contributed by atoms with Gasteiger partial charge in [0.1, 0.15) is 35.0 Å². The van der Waals surface area contributed by atoms with E-state index in [1.165, 1.54) is 24.0 Å². The van der Waals surface area contributed by atoms with Crippen LogP contribution in [-0.4, -0.2) is 52.0 Å². The first-order valence-electron chi connectivity index (χ1n) is 13.1. The molecule has 0 saturated carbocycles. The summed E-state index contributed by atoms with van der Waals surface area (Å²) in [6, 6.07) is 6.00. The lowest BCUT2D eigenvalue weighted by atomic mass is 9.82. The van der Waals surface area contributed by atoms with Crippen molar-refractivity contribution in [1.29, 1.82) is 0 Å². The van der Waals surface area contributed by atoms with Crippen LogP contribution in [0.4, 0.5) is 19.4 Å². The highest BCUT2D eigenvalue weighted by molar-refractivity contribution is 5.91. The molecule has 9 nitrogen and oxygen atoms in total. The van der Waals surface area contributed by atoms with E-state index in [0.29, 0.717) is 18.7 Å². The molecule has 3 amide bonds. The number of pyridine rings is 1. The van der Waals surface area contributed by atoms with E-state index in [9.17, 15) is 18.8 Å². The molecule has 11 heteroatoms. The van der Waals surface area contributed by atoms with Crippen molar-refractivity contribution in [1.82, 2.24) is 20.5 Å². The number of rotatable bonds is 5. The van der Waals surface area contributed by atoms with Gasteiger partial charge in [-0.25, -0.2) is 18.6 Å². The number of amides is 3. The number of halogens is 2. The van der Waals surface area contributed by atoms with Crippen molar-refractivity contribution >= 4 is 23.7 Å². The summed E-state index contributed by atoms with van der Waals surface area (Å²) < 4.78 is 35.1. The summed E-state index contributed by atoms with van der Waals surface area (Å²) in [4.78, 5) is 44.9. The molecule has 2 aromatic rings. The standard InChI is InChI=1S/C28H35F2N5O4/c1-16(24(36)34-21-11-10-20-19(21)9-12-23(31)33-20)32-25(37)22-15-28(30,17-5-7-18(29)8-6-17)13-14-35(22)26(38)39-27(2,3)4/h5-9,12,16,21-22H,10-11,13-15H2,1-4H3,(H2,31,33)(H,32,37)(H,34,36)/t16-,21+,22+,28?/m0/s1. The fraction of sp³-hybridized carbons (Fsp3) is 0.500. The van der Waals surface area contributed by atoms with Crippen molar-refractivity contribution in [2.24, 2.45) is 0 Å². The molecule has 39 heavy (non-hydrogen) atoms. The Morgan fingerprint density at radius 3 is 2.54 bits per heavy atom. The third-order valence-corrected chi connectivity index (χ3v) is 7.08. The molecule has 1 aromatic heterocycles. The highest BCUT2D eigenvalue weighted by Crippen LogP contribution is 2.40. The number of aromatic nitrogens is 1. The van der Waals surface area contributed by atoms with Crippen molar-refractivity contribution in [3.05, 3.63) is 59.0 Å². The van der Waals surface area contributed by atoms with Crippen LogP contribution in [-0.2, 0) is 26.4 Å². The zero-order chi connectivity index (χ0) is 28.5. The number of fused-ring (bicyclic) bond motifs is 1. The molecule has 210 valence electrons. The Kier molecular flexibility index (Phi) is 7.81. The Hall–Kier alpha value is -3.76. The topological polar surface area (TPSA) is 127 Å². The third-order valence-electron chi connectivity index (χ3n) is 7.08. The molecule has 0 radical (unpaired) electrons. The molecular formula is C28H35F2N5O4. The molecule has 1 aromatic carbocycles. The first-order valence-corrected chi connectivity index (χ1v) is 13.1. The van der Waals surface area contributed by atoms with Crippen LogP contribution in [0, 0.1) is 5.82 Å². The number of aryl methyl sites for hydroxylation is 1. The molecule has 2 aliphatic rings. The maximum Gasteiger partial charge on any atom is 0.410 e. The van der Waals surface area contributed by atoms with E-state index in [-0.39, 0.29) is 31.0 Å². The fourth-order valence-electron chi connectivity index (χ4n) is 5.06. The van der Waals surface area contributed by atoms with E-state index in [4.69, 9.17) is 10.5 Å². The molecule has 1 unspecified atom stereocenters. The second-order valence-electron chi connectivity index (χ2n) is 11.2. The number of nitrogens with one attached hydrogen (secondary N) is 2. The Balaban J connectivity index is 1.49. The zero-order valence-electron chi connectivity index (χ0n) is 22.6. The quantitative estimate of drug-likeness (QED) is 0.528. The number of hydrogen-bond donors (Lipinski definition) is 3. The van der Waals surface area contributed by atoms with Crippen LogP contribution < -0.4 is 16.4 Å². The van der Waals surface area contributed by atoms with Crippen LogP contribution in [0.3, 0.4) is 0 Å². The minimum Gasteiger partial charge on any atom is -0.444 e. The van der Waals surface area contributed by atoms with E-state index in [2.05, 4.69) is 15.6 Å². The van der Waals surface area contributed by atoms with E-state index in [1.807, 2.05) is 6.07 Å². The lowest BCUT2D eigenvalue weighted by Crippen LogP contribution is -2.59. The van der Waals surface area contributed by atoms with Crippen LogP contribution in [0.2, 0.25) is 0 Å². The first-order chi connectivity index (χ1) is 18.3. The molecule has 0 bridgehead atoms. The van der Waals surface area contributed by atoms with Gasteiger partial charge in [-0.3, -0.25) is 14.5 Å². The minimum absolute atomic E-state index is 0.0999. The molecule has 1 aliphatic heterocycles. The number of alkyl halides is 1. The Morgan fingerprint density at radius 1 is 1.18 bits per heavy atom. The van der Waals surface area contributed by atoms with Gasteiger partial charge < -0.3 is 21.1 Å². The Bertz CT molecular complexity index is 1250. The monoisotopic (exact) mass is 543 g/mol. The normalized spacial score (nSPS) is 23.5. The predicted octanol–water partition coefficient (Wildman–Crippen LogP) is 3.68. The van der Waals surface area contributed by atoms with Crippen molar-refractivity contribution in [3.8, 4) is 0 Å². The van der Waals surface area contributed by atoms with Crippen molar-refractivity contribution < 1.29 is 27.9 Å². The number of nitrogen functional groups attached to an aromatic ring is 1. The van der Waals surface area contributed by atoms with E-state index < -0.39 is 47.1 Å². The van der Waals surface area contributed by atoms with Gasteiger partial charge in [0.2, 0.25) is 11.8 Å². The summed E-state index contributed by atoms with van der Waals surface area (Å²) in [5.41, 5.74) is 4.86. The average molecular weight is 544 g/mol. The van der Waals surface area contributed by atoms with Gasteiger partial charge in [-0.1, -0.05) is 18.2 Å². The summed E-state index contributed by atoms with van der Waals surface area (Å²) in [5.74, 6) is -1.21. The van der Waals surface area contributed by atoms with Crippen LogP contribution >= 0.6 is 0 Å². The maximum absolute atomic E-state index is 16.2. The number of carbonyl (C=O) groups is 3. The average Bonchev–Trinajstić information content (AvgIpc) is 3.24. The number of likely N-dealkylation sites (tertiary alicyclic amines) is 1. The molecule has 0 spiro atoms. The van der Waals surface area contributed by atoms with Gasteiger partial charge in [0.15, 0.2) is 0 Å². The van der Waals surface area contributed by atoms with E-state index in [1.54, 1.807) is 26.8 Å². The van der Waals surface area contributed by atoms with Crippen LogP contribution in [0.15, 0.2) is 36.4 Å². The minimum atomic E-state index is -1.98. The van der Waals surface area contributed by atoms with Gasteiger partial charge in [-0.05, 0) is 69.9 Å². The highest BCUT2D eigenvalue weighted by atomic mass is 19.1. The number of ether oxygens (including phenoxy) is 1. The summed E-state index contributed by atoms with van der Waals surface area (Å²) in [6.07, 6.45) is 0.0876. The molecule has 1 fully saturated rings. The summed E-state index contributed by atoms with van der Waals surface area (Å²) in [6.45, 7) is 6.50. The smallest absolute Gasteiger partial charge is 0.410 e. The van der Waals surface area contributed by atoms with Crippen molar-refractivity contribution in [3.63, 3.8) is 0 Å². The molecule has 4 atom stereocenters. The van der Waals surface area contributed by atoms with Gasteiger partial charge >= 0.3 is 6.09 Å². The van der Waals surface area contributed by atoms with Crippen LogP contribution in [0.1, 0.15) is 69.8 Å². The molecule has 4 rings (SSSR count). The number of carbonyl (C=O) groups excluding carboxylic acids is 3. The number of piperidine rings is 1. The second kappa shape index (κ2) is 10.8. The van der Waals surface area contributed by atoms with E-state index >= 15 is 4.39 Å². The summed E-state index contributed by atoms with van der Waals surface area (Å²) in [5, 5.41) is 5.57. The number of nitrogens with two attached hydrogens (primary N) is 1. The predicted molar refractivity (Wildman–Crippen MR) is 141 cm³/mol. The maximum atomic E-state index is 16.2. The Morgan fingerprint density at radius 2 is 1.87 bits per heavy atom. The third kappa shape index (κ3) is 6.46. The van der Waals surface area contributed by atoms with Crippen LogP contribution in [0.25, 0.3) is 0 Å². The molecule has 1 aliphatic carbocycles. The molecule has 1 saturated heterocycles. The second-order valence-corrected chi connectivity index (χ2v) is 11.2. The summed E-state index contributed by atoms with van der Waals surface area (Å²) in [7, 11) is 0. The first kappa shape index (κ1) is 28.3. The highest BCUT2D eigenvalue weighted by Gasteiger charge is 2.47. The van der Waals surface area contributed by atoms with Gasteiger partial charge in [-0.15, -0.1) is 0 Å². The largest absolute Gasteiger partial charge is 0.444 e. The van der Waals surface area contributed by atoms with Crippen molar-refractivity contribution in [2.45, 2.75) is 82.8 Å². The summed E-state index contributed by atoms with van der Waals surface area (Å²) >= 11 is 0. The molecular weight excluding hydrogens is 508 g/mol. The van der Waals surface area contributed by atoms with E-state index in [0.717, 1.165) is 23.4 Å². The molecule has 4 N–H and O–H groups in total.